The summed E-state index contributed by atoms with van der Waals surface area (Å²) in [5.41, 5.74) is 1.14. The molecule has 4 heteroatoms. The van der Waals surface area contributed by atoms with Gasteiger partial charge in [0.15, 0.2) is 0 Å². The minimum Gasteiger partial charge on any atom is -0.477 e. The van der Waals surface area contributed by atoms with E-state index in [0.29, 0.717) is 6.04 Å². The number of hydrogen-bond donors (Lipinski definition) is 1. The lowest BCUT2D eigenvalue weighted by Gasteiger charge is -2.23. The number of carboxylic acids is 1. The molecular formula is C12H16N2O2. The molecule has 16 heavy (non-hydrogen) atoms. The van der Waals surface area contributed by atoms with Crippen LogP contribution in [0.2, 0.25) is 0 Å². The molecule has 0 spiro atoms. The van der Waals surface area contributed by atoms with Crippen molar-refractivity contribution in [2.45, 2.75) is 32.2 Å². The topological polar surface area (TPSA) is 53.4 Å². The lowest BCUT2D eigenvalue weighted by molar-refractivity contribution is 0.0690. The van der Waals surface area contributed by atoms with Crippen molar-refractivity contribution in [2.75, 3.05) is 11.4 Å². The van der Waals surface area contributed by atoms with E-state index in [9.17, 15) is 4.79 Å². The highest BCUT2D eigenvalue weighted by atomic mass is 16.4. The fraction of sp³-hybridized carbons (Fsp3) is 0.500. The lowest BCUT2D eigenvalue weighted by atomic mass is 10.3. The number of pyridine rings is 1. The van der Waals surface area contributed by atoms with E-state index in [1.54, 1.807) is 12.3 Å². The first kappa shape index (κ1) is 10.9. The number of rotatable bonds is 5. The number of anilines is 1. The molecule has 1 fully saturated rings. The highest BCUT2D eigenvalue weighted by molar-refractivity contribution is 5.85. The molecule has 1 aliphatic carbocycles. The normalized spacial score (nSPS) is 14.8. The van der Waals surface area contributed by atoms with Crippen molar-refractivity contribution in [1.29, 1.82) is 0 Å². The Morgan fingerprint density at radius 1 is 1.56 bits per heavy atom. The average Bonchev–Trinajstić information content (AvgIpc) is 3.10. The van der Waals surface area contributed by atoms with Gasteiger partial charge in [-0.25, -0.2) is 9.78 Å². The van der Waals surface area contributed by atoms with Gasteiger partial charge in [0.05, 0.1) is 11.9 Å². The number of hydrogen-bond acceptors (Lipinski definition) is 3. The van der Waals surface area contributed by atoms with Gasteiger partial charge in [-0.3, -0.25) is 0 Å². The second kappa shape index (κ2) is 4.51. The molecule has 2 rings (SSSR count). The van der Waals surface area contributed by atoms with Crippen LogP contribution in [0, 0.1) is 0 Å². The number of aromatic carboxylic acids is 1. The Morgan fingerprint density at radius 2 is 2.31 bits per heavy atom. The molecule has 0 atom stereocenters. The van der Waals surface area contributed by atoms with Gasteiger partial charge in [0.25, 0.3) is 0 Å². The van der Waals surface area contributed by atoms with Gasteiger partial charge in [-0.1, -0.05) is 6.92 Å². The molecule has 1 N–H and O–H groups in total. The zero-order chi connectivity index (χ0) is 11.5. The van der Waals surface area contributed by atoms with Gasteiger partial charge in [0.1, 0.15) is 5.69 Å². The number of carboxylic acid groups (broad SMARTS) is 1. The van der Waals surface area contributed by atoms with E-state index in [4.69, 9.17) is 5.11 Å². The van der Waals surface area contributed by atoms with E-state index in [2.05, 4.69) is 16.8 Å². The Labute approximate surface area is 94.9 Å². The van der Waals surface area contributed by atoms with Crippen molar-refractivity contribution < 1.29 is 9.90 Å². The molecule has 0 amide bonds. The summed E-state index contributed by atoms with van der Waals surface area (Å²) in [4.78, 5) is 16.9. The second-order valence-corrected chi connectivity index (χ2v) is 4.13. The van der Waals surface area contributed by atoms with Crippen molar-refractivity contribution in [2.24, 2.45) is 0 Å². The molecule has 1 saturated carbocycles. The van der Waals surface area contributed by atoms with Crippen LogP contribution >= 0.6 is 0 Å². The van der Waals surface area contributed by atoms with Crippen molar-refractivity contribution in [3.05, 3.63) is 24.0 Å². The monoisotopic (exact) mass is 220 g/mol. The molecular weight excluding hydrogens is 204 g/mol. The van der Waals surface area contributed by atoms with Gasteiger partial charge in [-0.2, -0.15) is 0 Å². The van der Waals surface area contributed by atoms with Gasteiger partial charge in [-0.05, 0) is 31.4 Å². The van der Waals surface area contributed by atoms with Crippen LogP contribution in [0.4, 0.5) is 5.69 Å². The molecule has 4 nitrogen and oxygen atoms in total. The number of nitrogens with zero attached hydrogens (tertiary/aromatic N) is 2. The second-order valence-electron chi connectivity index (χ2n) is 4.13. The first-order valence-electron chi connectivity index (χ1n) is 5.68. The van der Waals surface area contributed by atoms with Gasteiger partial charge in [-0.15, -0.1) is 0 Å². The molecule has 1 aromatic heterocycles. The summed E-state index contributed by atoms with van der Waals surface area (Å²) in [7, 11) is 0. The van der Waals surface area contributed by atoms with Gasteiger partial charge in [0, 0.05) is 12.6 Å². The van der Waals surface area contributed by atoms with Crippen LogP contribution in [0.1, 0.15) is 36.7 Å². The molecule has 1 heterocycles. The average molecular weight is 220 g/mol. The zero-order valence-electron chi connectivity index (χ0n) is 9.39. The van der Waals surface area contributed by atoms with Gasteiger partial charge in [0.2, 0.25) is 0 Å². The SMILES string of the molecule is CCCN(c1ccc(C(=O)O)nc1)C1CC1. The Kier molecular flexibility index (Phi) is 3.08. The molecule has 0 aromatic carbocycles. The third kappa shape index (κ3) is 2.32. The molecule has 0 aliphatic heterocycles. The van der Waals surface area contributed by atoms with Crippen molar-refractivity contribution in [3.63, 3.8) is 0 Å². The van der Waals surface area contributed by atoms with E-state index < -0.39 is 5.97 Å². The maximum Gasteiger partial charge on any atom is 0.354 e. The molecule has 0 bridgehead atoms. The quantitative estimate of drug-likeness (QED) is 0.826. The van der Waals surface area contributed by atoms with E-state index >= 15 is 0 Å². The maximum absolute atomic E-state index is 10.7. The minimum absolute atomic E-state index is 0.107. The summed E-state index contributed by atoms with van der Waals surface area (Å²) in [5, 5.41) is 8.76. The molecule has 86 valence electrons. The predicted octanol–water partition coefficient (Wildman–Crippen LogP) is 2.16. The third-order valence-electron chi connectivity index (χ3n) is 2.75. The molecule has 0 saturated heterocycles. The Hall–Kier alpha value is -1.58. The van der Waals surface area contributed by atoms with Crippen molar-refractivity contribution in [3.8, 4) is 0 Å². The van der Waals surface area contributed by atoms with Crippen molar-refractivity contribution in [1.82, 2.24) is 4.98 Å². The predicted molar refractivity (Wildman–Crippen MR) is 61.9 cm³/mol. The standard InChI is InChI=1S/C12H16N2O2/c1-2-7-14(9-3-4-9)10-5-6-11(12(15)16)13-8-10/h5-6,8-9H,2-4,7H2,1H3,(H,15,16). The summed E-state index contributed by atoms with van der Waals surface area (Å²) < 4.78 is 0. The summed E-state index contributed by atoms with van der Waals surface area (Å²) in [6, 6.07) is 4.06. The minimum atomic E-state index is -0.972. The summed E-state index contributed by atoms with van der Waals surface area (Å²) in [6.45, 7) is 3.16. The summed E-state index contributed by atoms with van der Waals surface area (Å²) in [6.07, 6.45) is 5.23. The smallest absolute Gasteiger partial charge is 0.354 e. The Balaban J connectivity index is 2.14. The Morgan fingerprint density at radius 3 is 2.75 bits per heavy atom. The zero-order valence-corrected chi connectivity index (χ0v) is 9.39. The van der Waals surface area contributed by atoms with Crippen LogP contribution in [0.25, 0.3) is 0 Å². The number of aromatic nitrogens is 1. The fourth-order valence-corrected chi connectivity index (χ4v) is 1.83. The van der Waals surface area contributed by atoms with E-state index in [1.165, 1.54) is 12.8 Å². The Bertz CT molecular complexity index is 371. The first-order valence-corrected chi connectivity index (χ1v) is 5.68. The van der Waals surface area contributed by atoms with Gasteiger partial charge < -0.3 is 10.0 Å². The van der Waals surface area contributed by atoms with Crippen LogP contribution in [0.15, 0.2) is 18.3 Å². The van der Waals surface area contributed by atoms with Gasteiger partial charge >= 0.3 is 5.97 Å². The molecule has 0 unspecified atom stereocenters. The number of carbonyl (C=O) groups is 1. The van der Waals surface area contributed by atoms with Crippen LogP contribution in [0.3, 0.4) is 0 Å². The summed E-state index contributed by atoms with van der Waals surface area (Å²) in [5.74, 6) is -0.972. The van der Waals surface area contributed by atoms with Crippen LogP contribution in [-0.4, -0.2) is 28.6 Å². The van der Waals surface area contributed by atoms with E-state index in [1.807, 2.05) is 6.07 Å². The largest absolute Gasteiger partial charge is 0.477 e. The van der Waals surface area contributed by atoms with Crippen LogP contribution < -0.4 is 4.90 Å². The lowest BCUT2D eigenvalue weighted by Crippen LogP contribution is -2.26. The highest BCUT2D eigenvalue weighted by Crippen LogP contribution is 2.31. The van der Waals surface area contributed by atoms with E-state index in [-0.39, 0.29) is 5.69 Å². The molecule has 1 aromatic rings. The highest BCUT2D eigenvalue weighted by Gasteiger charge is 2.28. The molecule has 1 aliphatic rings. The van der Waals surface area contributed by atoms with Crippen molar-refractivity contribution >= 4 is 11.7 Å². The third-order valence-corrected chi connectivity index (χ3v) is 2.75. The van der Waals surface area contributed by atoms with E-state index in [0.717, 1.165) is 18.7 Å². The maximum atomic E-state index is 10.7. The first-order chi connectivity index (χ1) is 7.72. The molecule has 0 radical (unpaired) electrons. The summed E-state index contributed by atoms with van der Waals surface area (Å²) >= 11 is 0. The van der Waals surface area contributed by atoms with Crippen LogP contribution in [0.5, 0.6) is 0 Å². The fourth-order valence-electron chi connectivity index (χ4n) is 1.83. The van der Waals surface area contributed by atoms with Crippen LogP contribution in [-0.2, 0) is 0 Å².